The maximum Gasteiger partial charge on any atom is 0.163 e. The van der Waals surface area contributed by atoms with E-state index in [4.69, 9.17) is 21.1 Å². The molecule has 1 aromatic carbocycles. The second-order valence-electron chi connectivity index (χ2n) is 5.10. The van der Waals surface area contributed by atoms with Gasteiger partial charge < -0.3 is 14.0 Å². The number of aromatic nitrogens is 2. The molecule has 2 heterocycles. The van der Waals surface area contributed by atoms with Crippen LogP contribution in [-0.2, 0) is 12.4 Å². The molecular formula is C15H19ClN2O2S. The zero-order chi connectivity index (χ0) is 14.8. The molecule has 0 amide bonds. The van der Waals surface area contributed by atoms with Crippen LogP contribution in [0.1, 0.15) is 18.7 Å². The van der Waals surface area contributed by atoms with Gasteiger partial charge in [-0.2, -0.15) is 11.8 Å². The lowest BCUT2D eigenvalue weighted by Gasteiger charge is -2.13. The lowest BCUT2D eigenvalue weighted by Crippen LogP contribution is -2.12. The van der Waals surface area contributed by atoms with Crippen molar-refractivity contribution in [3.8, 4) is 11.5 Å². The summed E-state index contributed by atoms with van der Waals surface area (Å²) in [4.78, 5) is 4.64. The van der Waals surface area contributed by atoms with Crippen LogP contribution in [0, 0.1) is 0 Å². The predicted octanol–water partition coefficient (Wildman–Crippen LogP) is 3.69. The molecule has 0 radical (unpaired) electrons. The maximum absolute atomic E-state index is 6.08. The summed E-state index contributed by atoms with van der Waals surface area (Å²) in [5.41, 5.74) is 1.97. The van der Waals surface area contributed by atoms with E-state index in [-0.39, 0.29) is 0 Å². The molecule has 3 rings (SSSR count). The van der Waals surface area contributed by atoms with Crippen molar-refractivity contribution in [1.82, 2.24) is 9.55 Å². The molecule has 4 nitrogen and oxygen atoms in total. The number of rotatable bonds is 5. The van der Waals surface area contributed by atoms with Gasteiger partial charge in [0.2, 0.25) is 0 Å². The molecule has 1 unspecified atom stereocenters. The van der Waals surface area contributed by atoms with Crippen LogP contribution in [0.15, 0.2) is 12.1 Å². The highest BCUT2D eigenvalue weighted by molar-refractivity contribution is 8.00. The van der Waals surface area contributed by atoms with Crippen molar-refractivity contribution < 1.29 is 9.47 Å². The minimum atomic E-state index is 0.413. The molecule has 0 bridgehead atoms. The van der Waals surface area contributed by atoms with E-state index in [1.54, 1.807) is 14.2 Å². The summed E-state index contributed by atoms with van der Waals surface area (Å²) in [5.74, 6) is 4.01. The average Bonchev–Trinajstić information content (AvgIpc) is 3.14. The first kappa shape index (κ1) is 14.9. The van der Waals surface area contributed by atoms with Gasteiger partial charge in [0.05, 0.1) is 31.1 Å². The van der Waals surface area contributed by atoms with Gasteiger partial charge in [-0.3, -0.25) is 0 Å². The first-order valence-corrected chi connectivity index (χ1v) is 8.64. The topological polar surface area (TPSA) is 36.3 Å². The first-order valence-electron chi connectivity index (χ1n) is 7.05. The van der Waals surface area contributed by atoms with E-state index in [9.17, 15) is 0 Å². The van der Waals surface area contributed by atoms with Crippen LogP contribution in [-0.4, -0.2) is 34.8 Å². The molecule has 1 saturated heterocycles. The highest BCUT2D eigenvalue weighted by Gasteiger charge is 2.20. The Hall–Kier alpha value is -1.07. The van der Waals surface area contributed by atoms with E-state index in [2.05, 4.69) is 9.55 Å². The van der Waals surface area contributed by atoms with E-state index in [1.165, 1.54) is 18.6 Å². The molecule has 0 spiro atoms. The minimum Gasteiger partial charge on any atom is -0.493 e. The summed E-state index contributed by atoms with van der Waals surface area (Å²) in [6.07, 6.45) is 2.56. The molecule has 21 heavy (non-hydrogen) atoms. The van der Waals surface area contributed by atoms with Crippen LogP contribution in [0.3, 0.4) is 0 Å². The van der Waals surface area contributed by atoms with E-state index < -0.39 is 0 Å². The lowest BCUT2D eigenvalue weighted by molar-refractivity contribution is 0.355. The fourth-order valence-corrected chi connectivity index (χ4v) is 4.26. The summed E-state index contributed by atoms with van der Waals surface area (Å²) < 4.78 is 13.0. The van der Waals surface area contributed by atoms with Crippen LogP contribution in [0.25, 0.3) is 11.0 Å². The first-order chi connectivity index (χ1) is 10.3. The molecule has 0 saturated carbocycles. The van der Waals surface area contributed by atoms with Gasteiger partial charge in [0, 0.05) is 23.9 Å². The van der Waals surface area contributed by atoms with E-state index in [1.807, 2.05) is 23.9 Å². The van der Waals surface area contributed by atoms with Crippen LogP contribution >= 0.6 is 23.4 Å². The number of nitrogens with zero attached hydrogens (tertiary/aromatic N) is 2. The molecule has 0 aliphatic carbocycles. The number of hydrogen-bond acceptors (Lipinski definition) is 4. The molecule has 2 aromatic rings. The van der Waals surface area contributed by atoms with Gasteiger partial charge in [-0.1, -0.05) is 0 Å². The quantitative estimate of drug-likeness (QED) is 0.785. The van der Waals surface area contributed by atoms with E-state index >= 15 is 0 Å². The lowest BCUT2D eigenvalue weighted by atomic mass is 10.2. The van der Waals surface area contributed by atoms with Crippen molar-refractivity contribution in [3.05, 3.63) is 18.0 Å². The number of imidazole rings is 1. The maximum atomic E-state index is 6.08. The number of hydrogen-bond donors (Lipinski definition) is 0. The molecule has 1 aliphatic rings. The Bertz CT molecular complexity index is 638. The smallest absolute Gasteiger partial charge is 0.163 e. The normalized spacial score (nSPS) is 18.3. The average molecular weight is 327 g/mol. The number of halogens is 1. The fraction of sp³-hybridized carbons (Fsp3) is 0.533. The molecule has 1 aliphatic heterocycles. The summed E-state index contributed by atoms with van der Waals surface area (Å²) in [6, 6.07) is 3.92. The van der Waals surface area contributed by atoms with Gasteiger partial charge in [-0.25, -0.2) is 4.98 Å². The number of methoxy groups -OCH3 is 2. The highest BCUT2D eigenvalue weighted by atomic mass is 35.5. The van der Waals surface area contributed by atoms with Gasteiger partial charge in [-0.15, -0.1) is 11.6 Å². The summed E-state index contributed by atoms with van der Waals surface area (Å²) in [5, 5.41) is 0.650. The molecule has 1 atom stereocenters. The SMILES string of the molecule is COc1cc2nc(CCl)n(CC3CCCS3)c2cc1OC. The third kappa shape index (κ3) is 2.81. The molecule has 1 fully saturated rings. The number of fused-ring (bicyclic) bond motifs is 1. The van der Waals surface area contributed by atoms with Crippen LogP contribution in [0.4, 0.5) is 0 Å². The zero-order valence-electron chi connectivity index (χ0n) is 12.3. The Morgan fingerprint density at radius 2 is 2.10 bits per heavy atom. The number of alkyl halides is 1. The molecular weight excluding hydrogens is 308 g/mol. The largest absolute Gasteiger partial charge is 0.493 e. The van der Waals surface area contributed by atoms with Crippen LogP contribution < -0.4 is 9.47 Å². The highest BCUT2D eigenvalue weighted by Crippen LogP contribution is 2.34. The Balaban J connectivity index is 2.07. The Morgan fingerprint density at radius 3 is 2.71 bits per heavy atom. The van der Waals surface area contributed by atoms with Crippen molar-refractivity contribution in [3.63, 3.8) is 0 Å². The third-order valence-corrected chi connectivity index (χ3v) is 5.48. The van der Waals surface area contributed by atoms with Gasteiger partial charge in [0.1, 0.15) is 5.82 Å². The fourth-order valence-electron chi connectivity index (χ4n) is 2.80. The minimum absolute atomic E-state index is 0.413. The number of thioether (sulfide) groups is 1. The van der Waals surface area contributed by atoms with Crippen LogP contribution in [0.2, 0.25) is 0 Å². The van der Waals surface area contributed by atoms with Gasteiger partial charge in [0.25, 0.3) is 0 Å². The van der Waals surface area contributed by atoms with Crippen molar-refractivity contribution in [1.29, 1.82) is 0 Å². The summed E-state index contributed by atoms with van der Waals surface area (Å²) in [6.45, 7) is 0.957. The standard InChI is InChI=1S/C15H19ClN2O2S/c1-19-13-6-11-12(7-14(13)20-2)18(15(8-16)17-11)9-10-4-3-5-21-10/h6-7,10H,3-5,8-9H2,1-2H3. The van der Waals surface area contributed by atoms with Crippen molar-refractivity contribution >= 4 is 34.4 Å². The van der Waals surface area contributed by atoms with Crippen molar-refractivity contribution in [2.24, 2.45) is 0 Å². The second kappa shape index (κ2) is 6.36. The van der Waals surface area contributed by atoms with Crippen LogP contribution in [0.5, 0.6) is 11.5 Å². The zero-order valence-corrected chi connectivity index (χ0v) is 13.8. The number of ether oxygens (including phenoxy) is 2. The predicted molar refractivity (Wildman–Crippen MR) is 87.9 cm³/mol. The summed E-state index contributed by atoms with van der Waals surface area (Å²) in [7, 11) is 3.29. The Kier molecular flexibility index (Phi) is 4.50. The monoisotopic (exact) mass is 326 g/mol. The van der Waals surface area contributed by atoms with Gasteiger partial charge >= 0.3 is 0 Å². The molecule has 1 aromatic heterocycles. The third-order valence-electron chi connectivity index (χ3n) is 3.86. The molecule has 114 valence electrons. The molecule has 0 N–H and O–H groups in total. The van der Waals surface area contributed by atoms with Gasteiger partial charge in [-0.05, 0) is 18.6 Å². The van der Waals surface area contributed by atoms with E-state index in [0.717, 1.165) is 29.2 Å². The molecule has 6 heteroatoms. The second-order valence-corrected chi connectivity index (χ2v) is 6.78. The number of benzene rings is 1. The van der Waals surface area contributed by atoms with E-state index in [0.29, 0.717) is 16.9 Å². The Morgan fingerprint density at radius 1 is 1.33 bits per heavy atom. The van der Waals surface area contributed by atoms with Crippen molar-refractivity contribution in [2.75, 3.05) is 20.0 Å². The van der Waals surface area contributed by atoms with Gasteiger partial charge in [0.15, 0.2) is 11.5 Å². The van der Waals surface area contributed by atoms with Crippen molar-refractivity contribution in [2.45, 2.75) is 30.5 Å². The Labute approximate surface area is 133 Å². The summed E-state index contributed by atoms with van der Waals surface area (Å²) >= 11 is 8.12.